The van der Waals surface area contributed by atoms with Crippen LogP contribution >= 0.6 is 12.8 Å². The first-order valence-electron chi connectivity index (χ1n) is 6.38. The molecule has 0 amide bonds. The number of piperidine rings is 1. The van der Waals surface area contributed by atoms with Gasteiger partial charge in [-0.1, -0.05) is 12.8 Å². The molecule has 0 atom stereocenters. The topological polar surface area (TPSA) is 39.7 Å². The molecule has 1 fully saturated rings. The number of amidine groups is 1. The van der Waals surface area contributed by atoms with Crippen molar-refractivity contribution in [3.05, 3.63) is 12.0 Å². The molecule has 1 aliphatic rings. The van der Waals surface area contributed by atoms with Gasteiger partial charge in [-0.05, 0) is 19.8 Å². The van der Waals surface area contributed by atoms with E-state index in [-0.39, 0.29) is 0 Å². The highest BCUT2D eigenvalue weighted by atomic mass is 32.1. The second kappa shape index (κ2) is 8.37. The largest absolute Gasteiger partial charge is 0.386 e. The minimum Gasteiger partial charge on any atom is -0.386 e. The molecule has 6 heteroatoms. The van der Waals surface area contributed by atoms with E-state index in [1.54, 1.807) is 7.05 Å². The second-order valence-corrected chi connectivity index (χ2v) is 4.63. The number of halogens is 1. The van der Waals surface area contributed by atoms with Gasteiger partial charge < -0.3 is 10.2 Å². The number of nitrogens with one attached hydrogen (secondary N) is 2. The van der Waals surface area contributed by atoms with E-state index in [9.17, 15) is 4.39 Å². The molecule has 0 aromatic heterocycles. The number of nitrogens with zero attached hydrogens (tertiary/aromatic N) is 2. The van der Waals surface area contributed by atoms with Crippen molar-refractivity contribution in [1.82, 2.24) is 14.9 Å². The number of likely N-dealkylation sites (tertiary alicyclic amines) is 1. The van der Waals surface area contributed by atoms with Crippen LogP contribution in [-0.2, 0) is 0 Å². The van der Waals surface area contributed by atoms with Crippen LogP contribution in [0.15, 0.2) is 17.0 Å². The highest BCUT2D eigenvalue weighted by molar-refractivity contribution is 7.78. The maximum absolute atomic E-state index is 12.7. The third-order valence-electron chi connectivity index (χ3n) is 3.18. The molecular formula is C12H23FN4S. The van der Waals surface area contributed by atoms with Crippen molar-refractivity contribution in [1.29, 1.82) is 0 Å². The van der Waals surface area contributed by atoms with E-state index in [1.807, 2.05) is 6.92 Å². The van der Waals surface area contributed by atoms with E-state index in [2.05, 4.69) is 32.7 Å². The summed E-state index contributed by atoms with van der Waals surface area (Å²) in [5, 5.41) is 3.01. The molecule has 1 saturated heterocycles. The molecule has 1 heterocycles. The maximum atomic E-state index is 12.7. The van der Waals surface area contributed by atoms with Crippen LogP contribution in [0.25, 0.3) is 0 Å². The highest BCUT2D eigenvalue weighted by Crippen LogP contribution is 2.14. The van der Waals surface area contributed by atoms with Gasteiger partial charge in [0.25, 0.3) is 0 Å². The summed E-state index contributed by atoms with van der Waals surface area (Å²) >= 11 is 4.10. The summed E-state index contributed by atoms with van der Waals surface area (Å²) in [6.07, 6.45) is 3.24. The van der Waals surface area contributed by atoms with Gasteiger partial charge in [-0.25, -0.2) is 4.39 Å². The second-order valence-electron chi connectivity index (χ2n) is 4.37. The SMILES string of the molecule is CCN/C(=C\F)C/C(=N\C)N1CCC(NS)CC1. The molecule has 0 aliphatic carbocycles. The Balaban J connectivity index is 2.52. The van der Waals surface area contributed by atoms with Crippen LogP contribution < -0.4 is 10.0 Å². The zero-order valence-corrected chi connectivity index (χ0v) is 12.0. The van der Waals surface area contributed by atoms with Gasteiger partial charge in [0.2, 0.25) is 0 Å². The van der Waals surface area contributed by atoms with Gasteiger partial charge >= 0.3 is 0 Å². The maximum Gasteiger partial charge on any atom is 0.106 e. The first-order chi connectivity index (χ1) is 8.74. The predicted octanol–water partition coefficient (Wildman–Crippen LogP) is 1.72. The fraction of sp³-hybridized carbons (Fsp3) is 0.750. The van der Waals surface area contributed by atoms with Crippen LogP contribution in [0, 0.1) is 0 Å². The summed E-state index contributed by atoms with van der Waals surface area (Å²) in [6.45, 7) is 4.56. The van der Waals surface area contributed by atoms with Gasteiger partial charge in [0, 0.05) is 44.8 Å². The molecule has 0 saturated carbocycles. The zero-order valence-electron chi connectivity index (χ0n) is 11.1. The molecule has 0 spiro atoms. The Morgan fingerprint density at radius 3 is 2.61 bits per heavy atom. The minimum absolute atomic E-state index is 0.465. The number of thiol groups is 1. The van der Waals surface area contributed by atoms with Crippen LogP contribution in [0.5, 0.6) is 0 Å². The van der Waals surface area contributed by atoms with Crippen molar-refractivity contribution in [3.8, 4) is 0 Å². The van der Waals surface area contributed by atoms with Crippen LogP contribution in [0.2, 0.25) is 0 Å². The Kier molecular flexibility index (Phi) is 7.12. The van der Waals surface area contributed by atoms with Crippen molar-refractivity contribution in [2.24, 2.45) is 4.99 Å². The van der Waals surface area contributed by atoms with E-state index >= 15 is 0 Å². The van der Waals surface area contributed by atoms with Gasteiger partial charge in [-0.2, -0.15) is 0 Å². The Morgan fingerprint density at radius 1 is 1.50 bits per heavy atom. The van der Waals surface area contributed by atoms with Crippen LogP contribution in [-0.4, -0.2) is 43.5 Å². The normalized spacial score (nSPS) is 19.2. The zero-order chi connectivity index (χ0) is 13.4. The molecule has 1 rings (SSSR count). The van der Waals surface area contributed by atoms with Crippen LogP contribution in [0.1, 0.15) is 26.2 Å². The number of rotatable bonds is 5. The molecule has 2 N–H and O–H groups in total. The molecule has 104 valence electrons. The molecule has 0 unspecified atom stereocenters. The van der Waals surface area contributed by atoms with E-state index in [0.717, 1.165) is 38.3 Å². The fourth-order valence-electron chi connectivity index (χ4n) is 2.14. The monoisotopic (exact) mass is 274 g/mol. The molecular weight excluding hydrogens is 251 g/mol. The van der Waals surface area contributed by atoms with E-state index in [1.165, 1.54) is 0 Å². The Morgan fingerprint density at radius 2 is 2.17 bits per heavy atom. The van der Waals surface area contributed by atoms with E-state index < -0.39 is 0 Å². The molecule has 0 aromatic carbocycles. The van der Waals surface area contributed by atoms with Crippen molar-refractivity contribution >= 4 is 18.7 Å². The summed E-state index contributed by atoms with van der Waals surface area (Å²) in [5.74, 6) is 0.942. The standard InChI is InChI=1S/C12H23FN4S/c1-3-15-11(9-13)8-12(14-2)17-6-4-10(16-18)5-7-17/h9-10,15-16,18H,3-8H2,1-2H3/b11-9-,14-12+. The van der Waals surface area contributed by atoms with E-state index in [0.29, 0.717) is 24.5 Å². The molecule has 1 aliphatic heterocycles. The molecule has 4 nitrogen and oxygen atoms in total. The molecule has 18 heavy (non-hydrogen) atoms. The first kappa shape index (κ1) is 15.3. The lowest BCUT2D eigenvalue weighted by atomic mass is 10.1. The Labute approximate surface area is 114 Å². The first-order valence-corrected chi connectivity index (χ1v) is 6.83. The van der Waals surface area contributed by atoms with Gasteiger partial charge in [0.05, 0.1) is 0 Å². The molecule has 0 aromatic rings. The van der Waals surface area contributed by atoms with Gasteiger partial charge in [-0.15, -0.1) is 0 Å². The summed E-state index contributed by atoms with van der Waals surface area (Å²) in [5.41, 5.74) is 0.590. The molecule has 0 radical (unpaired) electrons. The quantitative estimate of drug-likeness (QED) is 0.406. The molecule has 0 bridgehead atoms. The van der Waals surface area contributed by atoms with Crippen molar-refractivity contribution in [2.45, 2.75) is 32.2 Å². The fourth-order valence-corrected chi connectivity index (χ4v) is 2.39. The summed E-state index contributed by atoms with van der Waals surface area (Å²) in [4.78, 5) is 6.51. The predicted molar refractivity (Wildman–Crippen MR) is 77.6 cm³/mol. The van der Waals surface area contributed by atoms with Gasteiger partial charge in [0.15, 0.2) is 0 Å². The third-order valence-corrected chi connectivity index (χ3v) is 3.55. The van der Waals surface area contributed by atoms with Gasteiger partial charge in [0.1, 0.15) is 12.2 Å². The number of aliphatic imine (C=N–C) groups is 1. The lowest BCUT2D eigenvalue weighted by Crippen LogP contribution is -2.43. The summed E-state index contributed by atoms with van der Waals surface area (Å²) in [6, 6.07) is 0.465. The third kappa shape index (κ3) is 4.49. The van der Waals surface area contributed by atoms with Gasteiger partial charge in [-0.3, -0.25) is 9.71 Å². The van der Waals surface area contributed by atoms with Crippen LogP contribution in [0.3, 0.4) is 0 Å². The average Bonchev–Trinajstić information content (AvgIpc) is 2.43. The summed E-state index contributed by atoms with van der Waals surface area (Å²) in [7, 11) is 1.76. The lowest BCUT2D eigenvalue weighted by Gasteiger charge is -2.34. The highest BCUT2D eigenvalue weighted by Gasteiger charge is 2.20. The lowest BCUT2D eigenvalue weighted by molar-refractivity contribution is 0.301. The summed E-state index contributed by atoms with van der Waals surface area (Å²) < 4.78 is 15.7. The Hall–Kier alpha value is -0.750. The number of hydrogen-bond donors (Lipinski definition) is 3. The Bertz CT molecular complexity index is 298. The number of hydrogen-bond acceptors (Lipinski definition) is 4. The smallest absolute Gasteiger partial charge is 0.106 e. The average molecular weight is 274 g/mol. The van der Waals surface area contributed by atoms with Crippen molar-refractivity contribution in [2.75, 3.05) is 26.7 Å². The van der Waals surface area contributed by atoms with Crippen LogP contribution in [0.4, 0.5) is 4.39 Å². The minimum atomic E-state index is 0.465. The van der Waals surface area contributed by atoms with E-state index in [4.69, 9.17) is 0 Å². The van der Waals surface area contributed by atoms with Crippen molar-refractivity contribution in [3.63, 3.8) is 0 Å². The van der Waals surface area contributed by atoms with Crippen molar-refractivity contribution < 1.29 is 4.39 Å².